The van der Waals surface area contributed by atoms with Gasteiger partial charge in [0, 0.05) is 26.2 Å². The molecule has 1 aliphatic rings. The maximum atomic E-state index is 13.1. The monoisotopic (exact) mass is 274 g/mol. The summed E-state index contributed by atoms with van der Waals surface area (Å²) in [5, 5.41) is 12.9. The zero-order valence-electron chi connectivity index (χ0n) is 10.5. The summed E-state index contributed by atoms with van der Waals surface area (Å²) in [4.78, 5) is 2.25. The first-order valence-corrected chi connectivity index (χ1v) is 6.04. The lowest BCUT2D eigenvalue weighted by molar-refractivity contribution is 0.110. The number of aliphatic hydroxyl groups is 1. The molecule has 0 amide bonds. The van der Waals surface area contributed by atoms with Crippen LogP contribution >= 0.6 is 12.4 Å². The maximum absolute atomic E-state index is 13.1. The van der Waals surface area contributed by atoms with Gasteiger partial charge in [0.15, 0.2) is 0 Å². The zero-order valence-corrected chi connectivity index (χ0v) is 11.3. The molecular formula is C13H20ClFN2O. The topological polar surface area (TPSA) is 35.5 Å². The Morgan fingerprint density at radius 2 is 2.06 bits per heavy atom. The van der Waals surface area contributed by atoms with Crippen LogP contribution in [0.15, 0.2) is 18.2 Å². The van der Waals surface area contributed by atoms with E-state index >= 15 is 0 Å². The summed E-state index contributed by atoms with van der Waals surface area (Å²) in [7, 11) is 0. The van der Waals surface area contributed by atoms with E-state index in [-0.39, 0.29) is 30.9 Å². The molecule has 3 nitrogen and oxygen atoms in total. The second kappa shape index (κ2) is 7.04. The molecular weight excluding hydrogens is 255 g/mol. The third kappa shape index (κ3) is 3.42. The fraction of sp³-hybridized carbons (Fsp3) is 0.538. The van der Waals surface area contributed by atoms with Crippen LogP contribution in [-0.2, 0) is 0 Å². The predicted octanol–water partition coefficient (Wildman–Crippen LogP) is 1.49. The van der Waals surface area contributed by atoms with Crippen molar-refractivity contribution in [1.29, 1.82) is 0 Å². The highest BCUT2D eigenvalue weighted by molar-refractivity contribution is 5.85. The second-order valence-electron chi connectivity index (χ2n) is 4.49. The van der Waals surface area contributed by atoms with E-state index in [2.05, 4.69) is 10.2 Å². The second-order valence-corrected chi connectivity index (χ2v) is 4.49. The third-order valence-electron chi connectivity index (χ3n) is 3.36. The molecule has 1 aliphatic heterocycles. The van der Waals surface area contributed by atoms with Gasteiger partial charge in [-0.2, -0.15) is 0 Å². The minimum Gasteiger partial charge on any atom is -0.394 e. The van der Waals surface area contributed by atoms with E-state index in [4.69, 9.17) is 0 Å². The highest BCUT2D eigenvalue weighted by atomic mass is 35.5. The van der Waals surface area contributed by atoms with Crippen molar-refractivity contribution in [3.63, 3.8) is 0 Å². The van der Waals surface area contributed by atoms with Gasteiger partial charge in [-0.25, -0.2) is 4.39 Å². The van der Waals surface area contributed by atoms with Crippen molar-refractivity contribution >= 4 is 12.4 Å². The van der Waals surface area contributed by atoms with Crippen molar-refractivity contribution in [3.05, 3.63) is 35.1 Å². The molecule has 1 aromatic rings. The predicted molar refractivity (Wildman–Crippen MR) is 72.7 cm³/mol. The van der Waals surface area contributed by atoms with Crippen LogP contribution in [0.4, 0.5) is 4.39 Å². The lowest BCUT2D eigenvalue weighted by Gasteiger charge is -2.34. The summed E-state index contributed by atoms with van der Waals surface area (Å²) in [6, 6.07) is 4.76. The number of aryl methyl sites for hydroxylation is 1. The van der Waals surface area contributed by atoms with Crippen LogP contribution in [0.5, 0.6) is 0 Å². The standard InChI is InChI=1S/C13H19FN2O.ClH/c1-10-8-11(14)2-3-12(10)13(9-17)16-6-4-15-5-7-16;/h2-3,8,13,15,17H,4-7,9H2,1H3;1H/t13-;/m0./s1. The first-order valence-electron chi connectivity index (χ1n) is 6.04. The lowest BCUT2D eigenvalue weighted by atomic mass is 10.00. The van der Waals surface area contributed by atoms with E-state index in [0.29, 0.717) is 0 Å². The van der Waals surface area contributed by atoms with Crippen molar-refractivity contribution in [2.45, 2.75) is 13.0 Å². The van der Waals surface area contributed by atoms with Crippen molar-refractivity contribution in [2.75, 3.05) is 32.8 Å². The molecule has 0 bridgehead atoms. The Kier molecular flexibility index (Phi) is 6.02. The van der Waals surface area contributed by atoms with Gasteiger partial charge in [-0.3, -0.25) is 4.90 Å². The summed E-state index contributed by atoms with van der Waals surface area (Å²) in [6.07, 6.45) is 0. The van der Waals surface area contributed by atoms with Crippen LogP contribution in [0.2, 0.25) is 0 Å². The van der Waals surface area contributed by atoms with E-state index in [1.54, 1.807) is 6.07 Å². The lowest BCUT2D eigenvalue weighted by Crippen LogP contribution is -2.46. The summed E-state index contributed by atoms with van der Waals surface area (Å²) >= 11 is 0. The van der Waals surface area contributed by atoms with Crippen LogP contribution in [-0.4, -0.2) is 42.8 Å². The fourth-order valence-electron chi connectivity index (χ4n) is 2.42. The summed E-state index contributed by atoms with van der Waals surface area (Å²) in [5.41, 5.74) is 1.93. The SMILES string of the molecule is Cc1cc(F)ccc1[C@H](CO)N1CCNCC1.Cl. The molecule has 0 aliphatic carbocycles. The highest BCUT2D eigenvalue weighted by Gasteiger charge is 2.22. The fourth-order valence-corrected chi connectivity index (χ4v) is 2.42. The third-order valence-corrected chi connectivity index (χ3v) is 3.36. The van der Waals surface area contributed by atoms with Crippen LogP contribution in [0.1, 0.15) is 17.2 Å². The van der Waals surface area contributed by atoms with Gasteiger partial charge in [-0.1, -0.05) is 6.07 Å². The number of halogens is 2. The van der Waals surface area contributed by atoms with Crippen molar-refractivity contribution in [1.82, 2.24) is 10.2 Å². The molecule has 2 rings (SSSR count). The Hall–Kier alpha value is -0.680. The number of aliphatic hydroxyl groups excluding tert-OH is 1. The molecule has 2 N–H and O–H groups in total. The summed E-state index contributed by atoms with van der Waals surface area (Å²) < 4.78 is 13.1. The van der Waals surface area contributed by atoms with Gasteiger partial charge in [-0.05, 0) is 30.2 Å². The van der Waals surface area contributed by atoms with Crippen LogP contribution < -0.4 is 5.32 Å². The van der Waals surface area contributed by atoms with Crippen LogP contribution in [0.3, 0.4) is 0 Å². The van der Waals surface area contributed by atoms with Crippen LogP contribution in [0.25, 0.3) is 0 Å². The first kappa shape index (κ1) is 15.4. The molecule has 5 heteroatoms. The average Bonchev–Trinajstić information content (AvgIpc) is 2.34. The van der Waals surface area contributed by atoms with E-state index in [9.17, 15) is 9.50 Å². The van der Waals surface area contributed by atoms with Gasteiger partial charge in [0.1, 0.15) is 5.82 Å². The van der Waals surface area contributed by atoms with Gasteiger partial charge < -0.3 is 10.4 Å². The Balaban J connectivity index is 0.00000162. The molecule has 1 aromatic carbocycles. The number of rotatable bonds is 3. The number of nitrogens with one attached hydrogen (secondary N) is 1. The molecule has 0 radical (unpaired) electrons. The molecule has 0 saturated carbocycles. The molecule has 1 fully saturated rings. The molecule has 1 heterocycles. The normalized spacial score (nSPS) is 18.2. The number of hydrogen-bond acceptors (Lipinski definition) is 3. The molecule has 1 saturated heterocycles. The number of benzene rings is 1. The smallest absolute Gasteiger partial charge is 0.123 e. The van der Waals surface area contributed by atoms with Gasteiger partial charge >= 0.3 is 0 Å². The van der Waals surface area contributed by atoms with Gasteiger partial charge in [-0.15, -0.1) is 12.4 Å². The minimum absolute atomic E-state index is 0. The van der Waals surface area contributed by atoms with Crippen molar-refractivity contribution in [3.8, 4) is 0 Å². The van der Waals surface area contributed by atoms with E-state index in [0.717, 1.165) is 37.3 Å². The molecule has 18 heavy (non-hydrogen) atoms. The minimum atomic E-state index is -0.219. The van der Waals surface area contributed by atoms with E-state index in [1.807, 2.05) is 6.92 Å². The Bertz CT molecular complexity index is 383. The zero-order chi connectivity index (χ0) is 12.3. The molecule has 0 spiro atoms. The number of nitrogens with zero attached hydrogens (tertiary/aromatic N) is 1. The molecule has 102 valence electrons. The largest absolute Gasteiger partial charge is 0.394 e. The summed E-state index contributed by atoms with van der Waals surface area (Å²) in [5.74, 6) is -0.219. The molecule has 1 atom stereocenters. The number of piperazine rings is 1. The van der Waals surface area contributed by atoms with Gasteiger partial charge in [0.05, 0.1) is 12.6 Å². The Morgan fingerprint density at radius 1 is 1.39 bits per heavy atom. The highest BCUT2D eigenvalue weighted by Crippen LogP contribution is 2.24. The van der Waals surface area contributed by atoms with Crippen molar-refractivity contribution in [2.24, 2.45) is 0 Å². The van der Waals surface area contributed by atoms with Gasteiger partial charge in [0.25, 0.3) is 0 Å². The molecule has 0 aromatic heterocycles. The quantitative estimate of drug-likeness (QED) is 0.877. The van der Waals surface area contributed by atoms with E-state index < -0.39 is 0 Å². The summed E-state index contributed by atoms with van der Waals surface area (Å²) in [6.45, 7) is 5.69. The van der Waals surface area contributed by atoms with Crippen LogP contribution in [0, 0.1) is 12.7 Å². The average molecular weight is 275 g/mol. The van der Waals surface area contributed by atoms with Gasteiger partial charge in [0.2, 0.25) is 0 Å². The maximum Gasteiger partial charge on any atom is 0.123 e. The van der Waals surface area contributed by atoms with Crippen molar-refractivity contribution < 1.29 is 9.50 Å². The Labute approximate surface area is 113 Å². The Morgan fingerprint density at radius 3 is 2.61 bits per heavy atom. The number of hydrogen-bond donors (Lipinski definition) is 2. The molecule has 0 unspecified atom stereocenters. The van der Waals surface area contributed by atoms with E-state index in [1.165, 1.54) is 12.1 Å². The first-order chi connectivity index (χ1) is 8.22.